The smallest absolute Gasteiger partial charge is 0.261 e. The van der Waals surface area contributed by atoms with E-state index in [-0.39, 0.29) is 11.7 Å². The summed E-state index contributed by atoms with van der Waals surface area (Å²) in [5.41, 5.74) is 3.26. The second-order valence-electron chi connectivity index (χ2n) is 5.47. The van der Waals surface area contributed by atoms with Crippen molar-refractivity contribution in [3.8, 4) is 11.3 Å². The van der Waals surface area contributed by atoms with Gasteiger partial charge in [0.05, 0.1) is 0 Å². The van der Waals surface area contributed by atoms with Crippen molar-refractivity contribution in [1.29, 1.82) is 0 Å². The van der Waals surface area contributed by atoms with Crippen LogP contribution in [0.1, 0.15) is 28.6 Å². The fraction of sp³-hybridized carbons (Fsp3) is 0.158. The molecule has 1 heterocycles. The van der Waals surface area contributed by atoms with Crippen molar-refractivity contribution in [1.82, 2.24) is 5.16 Å². The van der Waals surface area contributed by atoms with Crippen molar-refractivity contribution in [3.63, 3.8) is 0 Å². The lowest BCUT2D eigenvalue weighted by Crippen LogP contribution is -2.13. The first-order valence-electron chi connectivity index (χ1n) is 7.71. The zero-order chi connectivity index (χ0) is 17.1. The summed E-state index contributed by atoms with van der Waals surface area (Å²) in [7, 11) is 0. The van der Waals surface area contributed by atoms with E-state index >= 15 is 0 Å². The molecule has 3 aromatic rings. The van der Waals surface area contributed by atoms with Gasteiger partial charge in [-0.1, -0.05) is 24.2 Å². The van der Waals surface area contributed by atoms with Crippen LogP contribution in [-0.2, 0) is 6.42 Å². The van der Waals surface area contributed by atoms with Gasteiger partial charge in [0.1, 0.15) is 22.8 Å². The zero-order valence-corrected chi connectivity index (χ0v) is 13.5. The van der Waals surface area contributed by atoms with E-state index in [9.17, 15) is 9.18 Å². The van der Waals surface area contributed by atoms with E-state index in [1.165, 1.54) is 17.7 Å². The highest BCUT2D eigenvalue weighted by Gasteiger charge is 2.21. The third kappa shape index (κ3) is 3.20. The Hall–Kier alpha value is -2.95. The van der Waals surface area contributed by atoms with E-state index in [2.05, 4.69) is 17.4 Å². The first kappa shape index (κ1) is 15.9. The third-order valence-corrected chi connectivity index (χ3v) is 3.83. The number of hydrogen-bond acceptors (Lipinski definition) is 3. The number of amides is 1. The molecule has 5 heteroatoms. The summed E-state index contributed by atoms with van der Waals surface area (Å²) in [4.78, 5) is 12.6. The molecule has 0 aliphatic heterocycles. The van der Waals surface area contributed by atoms with E-state index in [4.69, 9.17) is 4.52 Å². The molecule has 0 atom stereocenters. The standard InChI is InChI=1S/C19H17FN2O2/c1-3-13-4-10-16(11-5-13)21-19(23)17-12(2)24-22-18(17)14-6-8-15(20)9-7-14/h4-11H,3H2,1-2H3,(H,21,23). The predicted molar refractivity (Wildman–Crippen MR) is 90.4 cm³/mol. The average molecular weight is 324 g/mol. The molecule has 122 valence electrons. The molecule has 0 aliphatic carbocycles. The van der Waals surface area contributed by atoms with Crippen molar-refractivity contribution in [2.24, 2.45) is 0 Å². The summed E-state index contributed by atoms with van der Waals surface area (Å²) in [5.74, 6) is -0.240. The number of benzene rings is 2. The molecule has 2 aromatic carbocycles. The van der Waals surface area contributed by atoms with Gasteiger partial charge in [-0.25, -0.2) is 4.39 Å². The second kappa shape index (κ2) is 6.66. The van der Waals surface area contributed by atoms with Gasteiger partial charge < -0.3 is 9.84 Å². The van der Waals surface area contributed by atoms with Crippen LogP contribution in [0, 0.1) is 12.7 Å². The lowest BCUT2D eigenvalue weighted by Gasteiger charge is -2.07. The Morgan fingerprint density at radius 1 is 1.12 bits per heavy atom. The van der Waals surface area contributed by atoms with Gasteiger partial charge in [-0.2, -0.15) is 0 Å². The van der Waals surface area contributed by atoms with Crippen LogP contribution in [0.4, 0.5) is 10.1 Å². The minimum Gasteiger partial charge on any atom is -0.360 e. The summed E-state index contributed by atoms with van der Waals surface area (Å²) in [6, 6.07) is 13.4. The monoisotopic (exact) mass is 324 g/mol. The minimum absolute atomic E-state index is 0.308. The molecule has 1 N–H and O–H groups in total. The summed E-state index contributed by atoms with van der Waals surface area (Å²) < 4.78 is 18.3. The number of aromatic nitrogens is 1. The number of halogens is 1. The number of rotatable bonds is 4. The van der Waals surface area contributed by atoms with Crippen molar-refractivity contribution < 1.29 is 13.7 Å². The van der Waals surface area contributed by atoms with E-state index in [0.29, 0.717) is 28.3 Å². The number of hydrogen-bond donors (Lipinski definition) is 1. The molecule has 0 radical (unpaired) electrons. The van der Waals surface area contributed by atoms with Gasteiger partial charge in [-0.15, -0.1) is 0 Å². The summed E-state index contributed by atoms with van der Waals surface area (Å²) >= 11 is 0. The van der Waals surface area contributed by atoms with E-state index in [0.717, 1.165) is 6.42 Å². The van der Waals surface area contributed by atoms with Gasteiger partial charge >= 0.3 is 0 Å². The lowest BCUT2D eigenvalue weighted by atomic mass is 10.1. The van der Waals surface area contributed by atoms with Gasteiger partial charge in [0.25, 0.3) is 5.91 Å². The molecule has 0 bridgehead atoms. The van der Waals surface area contributed by atoms with Crippen LogP contribution in [0.25, 0.3) is 11.3 Å². The summed E-state index contributed by atoms with van der Waals surface area (Å²) in [6.45, 7) is 3.75. The minimum atomic E-state index is -0.346. The first-order valence-corrected chi connectivity index (χ1v) is 7.71. The normalized spacial score (nSPS) is 10.6. The van der Waals surface area contributed by atoms with Crippen molar-refractivity contribution in [2.45, 2.75) is 20.3 Å². The number of anilines is 1. The summed E-state index contributed by atoms with van der Waals surface area (Å²) in [6.07, 6.45) is 0.938. The Morgan fingerprint density at radius 3 is 2.42 bits per heavy atom. The largest absolute Gasteiger partial charge is 0.360 e. The van der Waals surface area contributed by atoms with Gasteiger partial charge in [-0.05, 0) is 55.3 Å². The van der Waals surface area contributed by atoms with Crippen LogP contribution in [0.15, 0.2) is 53.1 Å². The maximum atomic E-state index is 13.1. The number of carbonyl (C=O) groups is 1. The SMILES string of the molecule is CCc1ccc(NC(=O)c2c(-c3ccc(F)cc3)noc2C)cc1. The Labute approximate surface area is 139 Å². The molecular weight excluding hydrogens is 307 g/mol. The quantitative estimate of drug-likeness (QED) is 0.763. The molecule has 3 rings (SSSR count). The predicted octanol–water partition coefficient (Wildman–Crippen LogP) is 4.60. The highest BCUT2D eigenvalue weighted by atomic mass is 19.1. The zero-order valence-electron chi connectivity index (χ0n) is 13.5. The Kier molecular flexibility index (Phi) is 4.42. The average Bonchev–Trinajstić information content (AvgIpc) is 2.98. The molecule has 0 saturated heterocycles. The summed E-state index contributed by atoms with van der Waals surface area (Å²) in [5, 5.41) is 6.79. The van der Waals surface area contributed by atoms with Crippen LogP contribution in [0.2, 0.25) is 0 Å². The molecular formula is C19H17FN2O2. The van der Waals surface area contributed by atoms with Gasteiger partial charge in [0.2, 0.25) is 0 Å². The lowest BCUT2D eigenvalue weighted by molar-refractivity contribution is 0.102. The van der Waals surface area contributed by atoms with Crippen molar-refractivity contribution >= 4 is 11.6 Å². The van der Waals surface area contributed by atoms with Crippen LogP contribution in [0.5, 0.6) is 0 Å². The van der Waals surface area contributed by atoms with Crippen molar-refractivity contribution in [3.05, 3.63) is 71.2 Å². The number of nitrogens with zero attached hydrogens (tertiary/aromatic N) is 1. The highest BCUT2D eigenvalue weighted by Crippen LogP contribution is 2.26. The maximum absolute atomic E-state index is 13.1. The van der Waals surface area contributed by atoms with Crippen LogP contribution in [0.3, 0.4) is 0 Å². The van der Waals surface area contributed by atoms with Gasteiger partial charge in [0.15, 0.2) is 0 Å². The Morgan fingerprint density at radius 2 is 1.79 bits per heavy atom. The Bertz CT molecular complexity index is 852. The molecule has 24 heavy (non-hydrogen) atoms. The molecule has 0 aliphatic rings. The van der Waals surface area contributed by atoms with E-state index < -0.39 is 0 Å². The number of aryl methyl sites for hydroxylation is 2. The molecule has 1 amide bonds. The van der Waals surface area contributed by atoms with E-state index in [1.807, 2.05) is 24.3 Å². The molecule has 1 aromatic heterocycles. The molecule has 0 spiro atoms. The first-order chi connectivity index (χ1) is 11.6. The van der Waals surface area contributed by atoms with Crippen molar-refractivity contribution in [2.75, 3.05) is 5.32 Å². The van der Waals surface area contributed by atoms with Crippen LogP contribution < -0.4 is 5.32 Å². The topological polar surface area (TPSA) is 55.1 Å². The highest BCUT2D eigenvalue weighted by molar-refractivity contribution is 6.08. The van der Waals surface area contributed by atoms with Gasteiger partial charge in [0, 0.05) is 11.3 Å². The molecule has 4 nitrogen and oxygen atoms in total. The number of nitrogens with one attached hydrogen (secondary N) is 1. The molecule has 0 fully saturated rings. The third-order valence-electron chi connectivity index (χ3n) is 3.83. The molecule has 0 unspecified atom stereocenters. The fourth-order valence-electron chi connectivity index (χ4n) is 2.46. The Balaban J connectivity index is 1.89. The molecule has 0 saturated carbocycles. The van der Waals surface area contributed by atoms with Crippen LogP contribution >= 0.6 is 0 Å². The maximum Gasteiger partial charge on any atom is 0.261 e. The van der Waals surface area contributed by atoms with Gasteiger partial charge in [-0.3, -0.25) is 4.79 Å². The second-order valence-corrected chi connectivity index (χ2v) is 5.47. The number of carbonyl (C=O) groups excluding carboxylic acids is 1. The van der Waals surface area contributed by atoms with E-state index in [1.54, 1.807) is 19.1 Å². The fourth-order valence-corrected chi connectivity index (χ4v) is 2.46. The van der Waals surface area contributed by atoms with Crippen LogP contribution in [-0.4, -0.2) is 11.1 Å².